The lowest BCUT2D eigenvalue weighted by Crippen LogP contribution is -2.42. The molecule has 3 nitrogen and oxygen atoms in total. The van der Waals surface area contributed by atoms with Crippen LogP contribution in [0.3, 0.4) is 0 Å². The third-order valence-electron chi connectivity index (χ3n) is 2.62. The van der Waals surface area contributed by atoms with Crippen molar-refractivity contribution in [3.8, 4) is 0 Å². The number of carbonyl (C=O) groups excluding carboxylic acids is 1. The van der Waals surface area contributed by atoms with Gasteiger partial charge in [-0.25, -0.2) is 0 Å². The second-order valence-electron chi connectivity index (χ2n) is 3.90. The lowest BCUT2D eigenvalue weighted by atomic mass is 10.2. The molecule has 0 N–H and O–H groups in total. The summed E-state index contributed by atoms with van der Waals surface area (Å²) in [7, 11) is 0. The largest absolute Gasteiger partial charge is 0.465 e. The fourth-order valence-electron chi connectivity index (χ4n) is 1.76. The maximum atomic E-state index is 11.5. The Labute approximate surface area is 86.4 Å². The summed E-state index contributed by atoms with van der Waals surface area (Å²) in [5, 5.41) is 0. The molecule has 0 aromatic heterocycles. The SMILES string of the molecule is CCCN(C1CC1)C(C)C(=O)OCC. The molecule has 1 rings (SSSR count). The average molecular weight is 199 g/mol. The molecule has 1 atom stereocenters. The van der Waals surface area contributed by atoms with Gasteiger partial charge in [-0.2, -0.15) is 0 Å². The number of ether oxygens (including phenoxy) is 1. The Morgan fingerprint density at radius 2 is 2.14 bits per heavy atom. The van der Waals surface area contributed by atoms with Crippen LogP contribution in [-0.2, 0) is 9.53 Å². The zero-order valence-electron chi connectivity index (χ0n) is 9.45. The van der Waals surface area contributed by atoms with Crippen LogP contribution in [0.25, 0.3) is 0 Å². The van der Waals surface area contributed by atoms with E-state index in [1.165, 1.54) is 12.8 Å². The molecule has 0 bridgehead atoms. The highest BCUT2D eigenvalue weighted by Crippen LogP contribution is 2.28. The van der Waals surface area contributed by atoms with Gasteiger partial charge in [0.2, 0.25) is 0 Å². The van der Waals surface area contributed by atoms with Gasteiger partial charge in [-0.15, -0.1) is 0 Å². The van der Waals surface area contributed by atoms with E-state index in [2.05, 4.69) is 11.8 Å². The molecule has 1 unspecified atom stereocenters. The van der Waals surface area contributed by atoms with Gasteiger partial charge in [0.25, 0.3) is 0 Å². The Kier molecular flexibility index (Phi) is 4.39. The van der Waals surface area contributed by atoms with Crippen LogP contribution in [0.2, 0.25) is 0 Å². The van der Waals surface area contributed by atoms with Gasteiger partial charge in [-0.1, -0.05) is 6.92 Å². The van der Waals surface area contributed by atoms with Crippen LogP contribution in [0, 0.1) is 0 Å². The third kappa shape index (κ3) is 2.98. The lowest BCUT2D eigenvalue weighted by molar-refractivity contribution is -0.149. The van der Waals surface area contributed by atoms with Crippen molar-refractivity contribution in [3.63, 3.8) is 0 Å². The predicted molar refractivity (Wildman–Crippen MR) is 56.1 cm³/mol. The zero-order chi connectivity index (χ0) is 10.6. The Balaban J connectivity index is 2.44. The first-order valence-electron chi connectivity index (χ1n) is 5.63. The van der Waals surface area contributed by atoms with Gasteiger partial charge >= 0.3 is 5.97 Å². The third-order valence-corrected chi connectivity index (χ3v) is 2.62. The first-order valence-corrected chi connectivity index (χ1v) is 5.63. The van der Waals surface area contributed by atoms with E-state index in [4.69, 9.17) is 4.74 Å². The highest BCUT2D eigenvalue weighted by molar-refractivity contribution is 5.75. The van der Waals surface area contributed by atoms with Crippen molar-refractivity contribution in [2.24, 2.45) is 0 Å². The minimum atomic E-state index is -0.0761. The molecule has 1 fully saturated rings. The molecule has 1 saturated carbocycles. The number of hydrogen-bond acceptors (Lipinski definition) is 3. The monoisotopic (exact) mass is 199 g/mol. The molecule has 1 aliphatic carbocycles. The summed E-state index contributed by atoms with van der Waals surface area (Å²) in [6.45, 7) is 7.43. The number of rotatable bonds is 6. The minimum absolute atomic E-state index is 0.0672. The van der Waals surface area contributed by atoms with Gasteiger partial charge in [-0.05, 0) is 39.7 Å². The Bertz CT molecular complexity index is 190. The Hall–Kier alpha value is -0.570. The van der Waals surface area contributed by atoms with Crippen molar-refractivity contribution in [1.29, 1.82) is 0 Å². The van der Waals surface area contributed by atoms with E-state index in [1.807, 2.05) is 13.8 Å². The van der Waals surface area contributed by atoms with Gasteiger partial charge in [0.15, 0.2) is 0 Å². The van der Waals surface area contributed by atoms with Crippen LogP contribution in [0.4, 0.5) is 0 Å². The zero-order valence-corrected chi connectivity index (χ0v) is 9.45. The fourth-order valence-corrected chi connectivity index (χ4v) is 1.76. The minimum Gasteiger partial charge on any atom is -0.465 e. The summed E-state index contributed by atoms with van der Waals surface area (Å²) < 4.78 is 5.03. The second-order valence-corrected chi connectivity index (χ2v) is 3.90. The van der Waals surface area contributed by atoms with E-state index < -0.39 is 0 Å². The van der Waals surface area contributed by atoms with E-state index in [9.17, 15) is 4.79 Å². The first-order chi connectivity index (χ1) is 6.70. The van der Waals surface area contributed by atoms with E-state index in [-0.39, 0.29) is 12.0 Å². The van der Waals surface area contributed by atoms with Crippen molar-refractivity contribution < 1.29 is 9.53 Å². The Morgan fingerprint density at radius 1 is 1.50 bits per heavy atom. The van der Waals surface area contributed by atoms with E-state index in [0.29, 0.717) is 12.6 Å². The normalized spacial score (nSPS) is 18.3. The molecule has 0 aliphatic heterocycles. The molecule has 82 valence electrons. The van der Waals surface area contributed by atoms with Gasteiger partial charge in [0.1, 0.15) is 6.04 Å². The quantitative estimate of drug-likeness (QED) is 0.611. The molecule has 3 heteroatoms. The molecule has 0 radical (unpaired) electrons. The standard InChI is InChI=1S/C11H21NO2/c1-4-8-12(10-6-7-10)9(3)11(13)14-5-2/h9-10H,4-8H2,1-3H3. The van der Waals surface area contributed by atoms with E-state index >= 15 is 0 Å². The fraction of sp³-hybridized carbons (Fsp3) is 0.909. The summed E-state index contributed by atoms with van der Waals surface area (Å²) >= 11 is 0. The van der Waals surface area contributed by atoms with Crippen LogP contribution in [0.1, 0.15) is 40.0 Å². The van der Waals surface area contributed by atoms with Gasteiger partial charge < -0.3 is 4.74 Å². The van der Waals surface area contributed by atoms with E-state index in [0.717, 1.165) is 13.0 Å². The number of esters is 1. The molecule has 0 saturated heterocycles. The molecular weight excluding hydrogens is 178 g/mol. The van der Waals surface area contributed by atoms with Crippen molar-refractivity contribution in [3.05, 3.63) is 0 Å². The van der Waals surface area contributed by atoms with Crippen LogP contribution in [0.15, 0.2) is 0 Å². The maximum absolute atomic E-state index is 11.5. The highest BCUT2D eigenvalue weighted by atomic mass is 16.5. The van der Waals surface area contributed by atoms with Crippen molar-refractivity contribution in [1.82, 2.24) is 4.90 Å². The molecule has 14 heavy (non-hydrogen) atoms. The molecule has 1 aliphatic rings. The number of hydrogen-bond donors (Lipinski definition) is 0. The maximum Gasteiger partial charge on any atom is 0.323 e. The van der Waals surface area contributed by atoms with Crippen LogP contribution < -0.4 is 0 Å². The predicted octanol–water partition coefficient (Wildman–Crippen LogP) is 1.81. The lowest BCUT2D eigenvalue weighted by Gasteiger charge is -2.26. The number of nitrogens with zero attached hydrogens (tertiary/aromatic N) is 1. The second kappa shape index (κ2) is 5.35. The van der Waals surface area contributed by atoms with Crippen LogP contribution in [0.5, 0.6) is 0 Å². The molecular formula is C11H21NO2. The first kappa shape index (κ1) is 11.5. The van der Waals surface area contributed by atoms with Gasteiger partial charge in [-0.3, -0.25) is 9.69 Å². The smallest absolute Gasteiger partial charge is 0.323 e. The summed E-state index contributed by atoms with van der Waals surface area (Å²) in [5.74, 6) is -0.0761. The molecule has 0 amide bonds. The molecule has 0 aromatic rings. The summed E-state index contributed by atoms with van der Waals surface area (Å²) in [6, 6.07) is 0.566. The molecule has 0 heterocycles. The Morgan fingerprint density at radius 3 is 2.57 bits per heavy atom. The topological polar surface area (TPSA) is 29.5 Å². The van der Waals surface area contributed by atoms with Crippen molar-refractivity contribution >= 4 is 5.97 Å². The van der Waals surface area contributed by atoms with Crippen LogP contribution >= 0.6 is 0 Å². The molecule has 0 aromatic carbocycles. The summed E-state index contributed by atoms with van der Waals surface area (Å²) in [4.78, 5) is 13.8. The average Bonchev–Trinajstić information content (AvgIpc) is 2.97. The van der Waals surface area contributed by atoms with Crippen molar-refractivity contribution in [2.75, 3.05) is 13.2 Å². The summed E-state index contributed by atoms with van der Waals surface area (Å²) in [6.07, 6.45) is 3.58. The summed E-state index contributed by atoms with van der Waals surface area (Å²) in [5.41, 5.74) is 0. The number of carbonyl (C=O) groups is 1. The molecule has 0 spiro atoms. The highest BCUT2D eigenvalue weighted by Gasteiger charge is 2.34. The van der Waals surface area contributed by atoms with Gasteiger partial charge in [0, 0.05) is 6.04 Å². The van der Waals surface area contributed by atoms with Gasteiger partial charge in [0.05, 0.1) is 6.61 Å². The van der Waals surface area contributed by atoms with Crippen molar-refractivity contribution in [2.45, 2.75) is 52.1 Å². The van der Waals surface area contributed by atoms with E-state index in [1.54, 1.807) is 0 Å². The van der Waals surface area contributed by atoms with Crippen LogP contribution in [-0.4, -0.2) is 36.1 Å².